The smallest absolute Gasteiger partial charge is 0.341 e. The first-order valence-corrected chi connectivity index (χ1v) is 9.06. The van der Waals surface area contributed by atoms with E-state index >= 15 is 0 Å². The standard InChI is InChI=1S/C20H22N2O3S/c1-22(2)11-14-15(23)10-13(9-12-7-5-4-6-8-12)16-17(20(24)25-3)19(21)26-18(14)16/h4-8,10,23H,9,11,21H2,1-3H3. The van der Waals surface area contributed by atoms with Crippen molar-refractivity contribution in [2.75, 3.05) is 26.9 Å². The van der Waals surface area contributed by atoms with Gasteiger partial charge in [-0.15, -0.1) is 11.3 Å². The molecule has 0 saturated heterocycles. The van der Waals surface area contributed by atoms with Crippen molar-refractivity contribution in [2.24, 2.45) is 0 Å². The lowest BCUT2D eigenvalue weighted by molar-refractivity contribution is 0.0604. The monoisotopic (exact) mass is 370 g/mol. The van der Waals surface area contributed by atoms with Crippen LogP contribution < -0.4 is 5.73 Å². The zero-order chi connectivity index (χ0) is 18.8. The largest absolute Gasteiger partial charge is 0.508 e. The highest BCUT2D eigenvalue weighted by Crippen LogP contribution is 2.42. The maximum absolute atomic E-state index is 12.4. The van der Waals surface area contributed by atoms with Gasteiger partial charge in [-0.1, -0.05) is 30.3 Å². The van der Waals surface area contributed by atoms with E-state index in [1.54, 1.807) is 6.07 Å². The summed E-state index contributed by atoms with van der Waals surface area (Å²) in [5, 5.41) is 11.8. The molecular weight excluding hydrogens is 348 g/mol. The zero-order valence-electron chi connectivity index (χ0n) is 15.1. The van der Waals surface area contributed by atoms with Gasteiger partial charge in [0, 0.05) is 22.2 Å². The number of carbonyl (C=O) groups is 1. The van der Waals surface area contributed by atoms with Crippen molar-refractivity contribution in [3.63, 3.8) is 0 Å². The third kappa shape index (κ3) is 3.38. The molecule has 0 bridgehead atoms. The minimum Gasteiger partial charge on any atom is -0.508 e. The van der Waals surface area contributed by atoms with Crippen molar-refractivity contribution in [1.82, 2.24) is 4.90 Å². The van der Waals surface area contributed by atoms with Gasteiger partial charge in [-0.3, -0.25) is 0 Å². The number of ether oxygens (including phenoxy) is 1. The second-order valence-electron chi connectivity index (χ2n) is 6.47. The number of methoxy groups -OCH3 is 1. The molecule has 1 heterocycles. The van der Waals surface area contributed by atoms with Gasteiger partial charge in [-0.05, 0) is 37.7 Å². The Morgan fingerprint density at radius 2 is 1.96 bits per heavy atom. The first kappa shape index (κ1) is 18.2. The number of anilines is 1. The summed E-state index contributed by atoms with van der Waals surface area (Å²) < 4.78 is 5.79. The first-order chi connectivity index (χ1) is 12.4. The SMILES string of the molecule is COC(=O)c1c(N)sc2c(CN(C)C)c(O)cc(Cc3ccccc3)c12. The number of fused-ring (bicyclic) bond motifs is 1. The predicted octanol–water partition coefficient (Wildman–Crippen LogP) is 3.63. The molecule has 0 amide bonds. The van der Waals surface area contributed by atoms with Crippen LogP contribution in [0.1, 0.15) is 27.0 Å². The summed E-state index contributed by atoms with van der Waals surface area (Å²) in [4.78, 5) is 14.3. The second-order valence-corrected chi connectivity index (χ2v) is 7.52. The van der Waals surface area contributed by atoms with Gasteiger partial charge in [0.05, 0.1) is 7.11 Å². The number of thiophene rings is 1. The minimum atomic E-state index is -0.454. The van der Waals surface area contributed by atoms with Crippen molar-refractivity contribution in [3.05, 3.63) is 58.7 Å². The van der Waals surface area contributed by atoms with Crippen LogP contribution >= 0.6 is 11.3 Å². The highest BCUT2D eigenvalue weighted by atomic mass is 32.1. The molecule has 0 unspecified atom stereocenters. The molecule has 0 aliphatic carbocycles. The molecular formula is C20H22N2O3S. The number of esters is 1. The molecule has 2 aromatic carbocycles. The third-order valence-corrected chi connectivity index (χ3v) is 5.33. The lowest BCUT2D eigenvalue weighted by atomic mass is 9.96. The van der Waals surface area contributed by atoms with Gasteiger partial charge >= 0.3 is 5.97 Å². The van der Waals surface area contributed by atoms with Crippen molar-refractivity contribution in [2.45, 2.75) is 13.0 Å². The molecule has 1 aromatic heterocycles. The zero-order valence-corrected chi connectivity index (χ0v) is 15.9. The Morgan fingerprint density at radius 3 is 2.58 bits per heavy atom. The first-order valence-electron chi connectivity index (χ1n) is 8.25. The van der Waals surface area contributed by atoms with E-state index in [-0.39, 0.29) is 5.75 Å². The van der Waals surface area contributed by atoms with Crippen LogP contribution in [-0.2, 0) is 17.7 Å². The molecule has 6 heteroatoms. The number of carbonyl (C=O) groups excluding carboxylic acids is 1. The van der Waals surface area contributed by atoms with Crippen LogP contribution in [0.5, 0.6) is 5.75 Å². The Labute approximate surface area is 156 Å². The Kier molecular flexibility index (Phi) is 5.15. The lowest BCUT2D eigenvalue weighted by Gasteiger charge is -2.15. The van der Waals surface area contributed by atoms with Crippen molar-refractivity contribution in [3.8, 4) is 5.75 Å². The number of hydrogen-bond donors (Lipinski definition) is 2. The summed E-state index contributed by atoms with van der Waals surface area (Å²) in [6.45, 7) is 0.550. The topological polar surface area (TPSA) is 75.8 Å². The fourth-order valence-electron chi connectivity index (χ4n) is 3.14. The van der Waals surface area contributed by atoms with E-state index in [1.165, 1.54) is 18.4 Å². The fourth-order valence-corrected chi connectivity index (χ4v) is 4.27. The van der Waals surface area contributed by atoms with Crippen LogP contribution in [0.25, 0.3) is 10.1 Å². The third-order valence-electron chi connectivity index (χ3n) is 4.25. The normalized spacial score (nSPS) is 11.2. The van der Waals surface area contributed by atoms with E-state index < -0.39 is 5.97 Å². The molecule has 0 radical (unpaired) electrons. The highest BCUT2D eigenvalue weighted by molar-refractivity contribution is 7.23. The van der Waals surface area contributed by atoms with Gasteiger partial charge in [-0.25, -0.2) is 4.79 Å². The van der Waals surface area contributed by atoms with Gasteiger partial charge in [0.25, 0.3) is 0 Å². The molecule has 3 rings (SSSR count). The van der Waals surface area contributed by atoms with Crippen LogP contribution in [0.15, 0.2) is 36.4 Å². The van der Waals surface area contributed by atoms with Crippen LogP contribution in [0.3, 0.4) is 0 Å². The average Bonchev–Trinajstić information content (AvgIpc) is 2.95. The Bertz CT molecular complexity index is 949. The Balaban J connectivity index is 2.28. The summed E-state index contributed by atoms with van der Waals surface area (Å²) in [6, 6.07) is 11.7. The van der Waals surface area contributed by atoms with Gasteiger partial charge < -0.3 is 20.5 Å². The van der Waals surface area contributed by atoms with Crippen LogP contribution in [-0.4, -0.2) is 37.2 Å². The number of phenols is 1. The van der Waals surface area contributed by atoms with Gasteiger partial charge in [0.2, 0.25) is 0 Å². The Hall–Kier alpha value is -2.57. The summed E-state index contributed by atoms with van der Waals surface area (Å²) in [7, 11) is 5.21. The number of hydrogen-bond acceptors (Lipinski definition) is 6. The molecule has 0 spiro atoms. The van der Waals surface area contributed by atoms with E-state index in [0.29, 0.717) is 23.5 Å². The lowest BCUT2D eigenvalue weighted by Crippen LogP contribution is -2.11. The fraction of sp³-hybridized carbons (Fsp3) is 0.250. The summed E-state index contributed by atoms with van der Waals surface area (Å²) in [5.41, 5.74) is 9.28. The number of nitrogen functional groups attached to an aromatic ring is 1. The van der Waals surface area contributed by atoms with E-state index in [4.69, 9.17) is 10.5 Å². The van der Waals surface area contributed by atoms with E-state index in [2.05, 4.69) is 0 Å². The maximum Gasteiger partial charge on any atom is 0.341 e. The summed E-state index contributed by atoms with van der Waals surface area (Å²) >= 11 is 1.32. The molecule has 5 nitrogen and oxygen atoms in total. The molecule has 26 heavy (non-hydrogen) atoms. The summed E-state index contributed by atoms with van der Waals surface area (Å²) in [6.07, 6.45) is 0.591. The number of nitrogens with two attached hydrogens (primary N) is 1. The van der Waals surface area contributed by atoms with Gasteiger partial charge in [0.1, 0.15) is 16.3 Å². The van der Waals surface area contributed by atoms with E-state index in [1.807, 2.05) is 49.3 Å². The molecule has 0 saturated carbocycles. The van der Waals surface area contributed by atoms with E-state index in [9.17, 15) is 9.90 Å². The number of nitrogens with zero attached hydrogens (tertiary/aromatic N) is 1. The minimum absolute atomic E-state index is 0.217. The second kappa shape index (κ2) is 7.35. The molecule has 3 N–H and O–H groups in total. The number of benzene rings is 2. The van der Waals surface area contributed by atoms with Gasteiger partial charge in [0.15, 0.2) is 0 Å². The number of aromatic hydroxyl groups is 1. The summed E-state index contributed by atoms with van der Waals surface area (Å²) in [5.74, 6) is -0.237. The predicted molar refractivity (Wildman–Crippen MR) is 106 cm³/mol. The molecule has 0 atom stereocenters. The molecule has 3 aromatic rings. The molecule has 0 aliphatic heterocycles. The quantitative estimate of drug-likeness (QED) is 0.671. The average molecular weight is 370 g/mol. The maximum atomic E-state index is 12.4. The van der Waals surface area contributed by atoms with Gasteiger partial charge in [-0.2, -0.15) is 0 Å². The molecule has 0 aliphatic rings. The van der Waals surface area contributed by atoms with Crippen LogP contribution in [0.4, 0.5) is 5.00 Å². The number of rotatable bonds is 5. The van der Waals surface area contributed by atoms with Crippen molar-refractivity contribution >= 4 is 32.4 Å². The highest BCUT2D eigenvalue weighted by Gasteiger charge is 2.24. The number of phenolic OH excluding ortho intramolecular Hbond substituents is 1. The Morgan fingerprint density at radius 1 is 1.27 bits per heavy atom. The molecule has 0 fully saturated rings. The van der Waals surface area contributed by atoms with Crippen LogP contribution in [0, 0.1) is 0 Å². The van der Waals surface area contributed by atoms with Crippen molar-refractivity contribution in [1.29, 1.82) is 0 Å². The van der Waals surface area contributed by atoms with Crippen molar-refractivity contribution < 1.29 is 14.6 Å². The van der Waals surface area contributed by atoms with Crippen LogP contribution in [0.2, 0.25) is 0 Å². The van der Waals surface area contributed by atoms with E-state index in [0.717, 1.165) is 26.8 Å². The molecule has 136 valence electrons.